The molecule has 7 nitrogen and oxygen atoms in total. The third kappa shape index (κ3) is 4.49. The molecule has 0 radical (unpaired) electrons. The molecule has 7 heteroatoms. The number of nitrogens with one attached hydrogen (secondary N) is 2. The van der Waals surface area contributed by atoms with E-state index in [1.54, 1.807) is 7.05 Å². The van der Waals surface area contributed by atoms with E-state index in [1.165, 1.54) is 18.4 Å². The summed E-state index contributed by atoms with van der Waals surface area (Å²) in [5, 5.41) is 6.54. The van der Waals surface area contributed by atoms with Crippen molar-refractivity contribution in [3.8, 4) is 0 Å². The SMILES string of the molecule is CN=C(NCc1ccnc(N2CCCC2)c1)NCc1nc(C)c(C)o1. The maximum atomic E-state index is 5.57. The smallest absolute Gasteiger partial charge is 0.214 e. The van der Waals surface area contributed by atoms with Crippen LogP contribution in [0.1, 0.15) is 35.7 Å². The molecular weight excluding hydrogens is 316 g/mol. The van der Waals surface area contributed by atoms with Gasteiger partial charge in [0.05, 0.1) is 12.2 Å². The quantitative estimate of drug-likeness (QED) is 0.640. The van der Waals surface area contributed by atoms with Crippen molar-refractivity contribution < 1.29 is 4.42 Å². The predicted octanol–water partition coefficient (Wildman–Crippen LogP) is 2.15. The number of nitrogens with zero attached hydrogens (tertiary/aromatic N) is 4. The molecule has 1 saturated heterocycles. The first-order valence-corrected chi connectivity index (χ1v) is 8.73. The minimum absolute atomic E-state index is 0.504. The van der Waals surface area contributed by atoms with E-state index in [0.29, 0.717) is 24.9 Å². The number of pyridine rings is 1. The summed E-state index contributed by atoms with van der Waals surface area (Å²) in [5.41, 5.74) is 2.11. The summed E-state index contributed by atoms with van der Waals surface area (Å²) >= 11 is 0. The van der Waals surface area contributed by atoms with E-state index < -0.39 is 0 Å². The van der Waals surface area contributed by atoms with Crippen LogP contribution in [0, 0.1) is 13.8 Å². The molecule has 25 heavy (non-hydrogen) atoms. The Balaban J connectivity index is 1.53. The lowest BCUT2D eigenvalue weighted by atomic mass is 10.2. The summed E-state index contributed by atoms with van der Waals surface area (Å²) in [4.78, 5) is 15.4. The van der Waals surface area contributed by atoms with E-state index in [9.17, 15) is 0 Å². The maximum absolute atomic E-state index is 5.57. The minimum Gasteiger partial charge on any atom is -0.444 e. The van der Waals surface area contributed by atoms with E-state index in [1.807, 2.05) is 26.1 Å². The van der Waals surface area contributed by atoms with E-state index in [4.69, 9.17) is 4.42 Å². The Kier molecular flexibility index (Phi) is 5.53. The molecule has 1 fully saturated rings. The van der Waals surface area contributed by atoms with E-state index in [2.05, 4.69) is 36.6 Å². The van der Waals surface area contributed by atoms with Crippen LogP contribution < -0.4 is 15.5 Å². The molecule has 3 rings (SSSR count). The van der Waals surface area contributed by atoms with Crippen LogP contribution in [0.4, 0.5) is 5.82 Å². The third-order valence-corrected chi connectivity index (χ3v) is 4.40. The van der Waals surface area contributed by atoms with Crippen molar-refractivity contribution in [2.75, 3.05) is 25.0 Å². The highest BCUT2D eigenvalue weighted by Gasteiger charge is 2.13. The highest BCUT2D eigenvalue weighted by atomic mass is 16.4. The summed E-state index contributed by atoms with van der Waals surface area (Å²) in [6.45, 7) is 7.25. The molecule has 0 spiro atoms. The second-order valence-corrected chi connectivity index (χ2v) is 6.24. The standard InChI is InChI=1S/C18H26N6O/c1-13-14(2)25-17(23-13)12-22-18(19-3)21-11-15-6-7-20-16(10-15)24-8-4-5-9-24/h6-7,10H,4-5,8-9,11-12H2,1-3H3,(H2,19,21,22). The van der Waals surface area contributed by atoms with Gasteiger partial charge in [-0.1, -0.05) is 0 Å². The van der Waals surface area contributed by atoms with Gasteiger partial charge in [0.2, 0.25) is 5.89 Å². The Morgan fingerprint density at radius 1 is 1.24 bits per heavy atom. The Morgan fingerprint density at radius 3 is 2.68 bits per heavy atom. The minimum atomic E-state index is 0.504. The van der Waals surface area contributed by atoms with E-state index >= 15 is 0 Å². The molecule has 0 amide bonds. The Labute approximate surface area is 148 Å². The number of anilines is 1. The predicted molar refractivity (Wildman–Crippen MR) is 98.7 cm³/mol. The van der Waals surface area contributed by atoms with Gasteiger partial charge in [0.25, 0.3) is 0 Å². The fourth-order valence-corrected chi connectivity index (χ4v) is 2.87. The van der Waals surface area contributed by atoms with Gasteiger partial charge in [0, 0.05) is 32.9 Å². The van der Waals surface area contributed by atoms with Crippen LogP contribution in [0.15, 0.2) is 27.7 Å². The number of rotatable bonds is 5. The number of oxazole rings is 1. The summed E-state index contributed by atoms with van der Waals surface area (Å²) in [7, 11) is 1.75. The van der Waals surface area contributed by atoms with Gasteiger partial charge in [-0.15, -0.1) is 0 Å². The molecule has 0 unspecified atom stereocenters. The number of hydrogen-bond acceptors (Lipinski definition) is 5. The highest BCUT2D eigenvalue weighted by molar-refractivity contribution is 5.79. The van der Waals surface area contributed by atoms with Crippen molar-refractivity contribution in [2.45, 2.75) is 39.8 Å². The van der Waals surface area contributed by atoms with Crippen LogP contribution in [-0.2, 0) is 13.1 Å². The maximum Gasteiger partial charge on any atom is 0.214 e. The molecule has 0 bridgehead atoms. The number of guanidine groups is 1. The van der Waals surface area contributed by atoms with Gasteiger partial charge in [-0.2, -0.15) is 0 Å². The van der Waals surface area contributed by atoms with Crippen LogP contribution >= 0.6 is 0 Å². The van der Waals surface area contributed by atoms with E-state index in [0.717, 1.165) is 30.4 Å². The summed E-state index contributed by atoms with van der Waals surface area (Å²) in [6, 6.07) is 4.17. The van der Waals surface area contributed by atoms with Gasteiger partial charge in [-0.3, -0.25) is 4.99 Å². The summed E-state index contributed by atoms with van der Waals surface area (Å²) in [6.07, 6.45) is 4.38. The first-order valence-electron chi connectivity index (χ1n) is 8.73. The second kappa shape index (κ2) is 8.00. The normalized spacial score (nSPS) is 14.8. The monoisotopic (exact) mass is 342 g/mol. The van der Waals surface area contributed by atoms with Gasteiger partial charge < -0.3 is 20.0 Å². The Morgan fingerprint density at radius 2 is 2.00 bits per heavy atom. The molecule has 1 aliphatic heterocycles. The van der Waals surface area contributed by atoms with E-state index in [-0.39, 0.29) is 0 Å². The van der Waals surface area contributed by atoms with Crippen LogP contribution in [0.5, 0.6) is 0 Å². The fourth-order valence-electron chi connectivity index (χ4n) is 2.87. The molecule has 0 aliphatic carbocycles. The van der Waals surface area contributed by atoms with Crippen LogP contribution in [0.3, 0.4) is 0 Å². The molecule has 2 N–H and O–H groups in total. The van der Waals surface area contributed by atoms with Crippen LogP contribution in [-0.4, -0.2) is 36.1 Å². The zero-order valence-electron chi connectivity index (χ0n) is 15.2. The van der Waals surface area contributed by atoms with Gasteiger partial charge in [0.15, 0.2) is 5.96 Å². The molecule has 2 aromatic heterocycles. The van der Waals surface area contributed by atoms with Gasteiger partial charge in [-0.05, 0) is 44.4 Å². The Hall–Kier alpha value is -2.57. The average molecular weight is 342 g/mol. The van der Waals surface area contributed by atoms with Crippen molar-refractivity contribution >= 4 is 11.8 Å². The van der Waals surface area contributed by atoms with Gasteiger partial charge >= 0.3 is 0 Å². The number of aliphatic imine (C=N–C) groups is 1. The second-order valence-electron chi connectivity index (χ2n) is 6.24. The molecule has 2 aromatic rings. The van der Waals surface area contributed by atoms with Crippen molar-refractivity contribution in [1.29, 1.82) is 0 Å². The summed E-state index contributed by atoms with van der Waals surface area (Å²) in [5.74, 6) is 3.29. The lowest BCUT2D eigenvalue weighted by Crippen LogP contribution is -2.36. The zero-order valence-corrected chi connectivity index (χ0v) is 15.2. The third-order valence-electron chi connectivity index (χ3n) is 4.40. The van der Waals surface area contributed by atoms with Crippen molar-refractivity contribution in [3.63, 3.8) is 0 Å². The topological polar surface area (TPSA) is 78.6 Å². The van der Waals surface area contributed by atoms with Crippen LogP contribution in [0.25, 0.3) is 0 Å². The highest BCUT2D eigenvalue weighted by Crippen LogP contribution is 2.18. The number of aryl methyl sites for hydroxylation is 2. The lowest BCUT2D eigenvalue weighted by Gasteiger charge is -2.17. The first kappa shape index (κ1) is 17.3. The van der Waals surface area contributed by atoms with Gasteiger partial charge in [0.1, 0.15) is 11.6 Å². The van der Waals surface area contributed by atoms with Crippen molar-refractivity contribution in [1.82, 2.24) is 20.6 Å². The molecule has 0 atom stereocenters. The van der Waals surface area contributed by atoms with Crippen LogP contribution in [0.2, 0.25) is 0 Å². The summed E-state index contributed by atoms with van der Waals surface area (Å²) < 4.78 is 5.57. The fraction of sp³-hybridized carbons (Fsp3) is 0.500. The number of aromatic nitrogens is 2. The average Bonchev–Trinajstić information content (AvgIpc) is 3.26. The number of hydrogen-bond donors (Lipinski definition) is 2. The van der Waals surface area contributed by atoms with Crippen molar-refractivity contribution in [3.05, 3.63) is 41.2 Å². The molecule has 3 heterocycles. The molecule has 0 aromatic carbocycles. The van der Waals surface area contributed by atoms with Gasteiger partial charge in [-0.25, -0.2) is 9.97 Å². The molecule has 0 saturated carbocycles. The first-order chi connectivity index (χ1) is 12.2. The lowest BCUT2D eigenvalue weighted by molar-refractivity contribution is 0.463. The molecule has 134 valence electrons. The largest absolute Gasteiger partial charge is 0.444 e. The zero-order chi connectivity index (χ0) is 17.6. The molecular formula is C18H26N6O. The Bertz CT molecular complexity index is 713. The van der Waals surface area contributed by atoms with Crippen molar-refractivity contribution in [2.24, 2.45) is 4.99 Å². The molecule has 1 aliphatic rings.